The van der Waals surface area contributed by atoms with E-state index >= 15 is 0 Å². The van der Waals surface area contributed by atoms with Crippen LogP contribution in [0.2, 0.25) is 10.0 Å². The molecule has 0 bridgehead atoms. The number of hydrogen-bond donors (Lipinski definition) is 4. The summed E-state index contributed by atoms with van der Waals surface area (Å²) in [5.74, 6) is -0.686. The van der Waals surface area contributed by atoms with Gasteiger partial charge in [-0.1, -0.05) is 59.6 Å². The molecule has 2 atom stereocenters. The number of carbonyl (C=O) groups is 2. The van der Waals surface area contributed by atoms with Crippen LogP contribution in [0.15, 0.2) is 73.1 Å². The molecule has 2 aliphatic heterocycles. The Morgan fingerprint density at radius 2 is 1.77 bits per heavy atom. The molecule has 1 aromatic heterocycles. The van der Waals surface area contributed by atoms with Crippen molar-refractivity contribution in [3.05, 3.63) is 105 Å². The molecule has 0 spiro atoms. The SMILES string of the molecule is CCOC(=O)C1(CO)CCN(CCCN2CCc3c(-c4cccc(COc5cc(OCc6cccnc6)c(CNC(CO)C(=O)O)cc5Cl)c4Cl)cccc32)C1. The Morgan fingerprint density at radius 1 is 0.964 bits per heavy atom. The first-order valence-electron chi connectivity index (χ1n) is 18.8. The largest absolute Gasteiger partial charge is 0.488 e. The molecular weight excluding hydrogens is 759 g/mol. The second-order valence-electron chi connectivity index (χ2n) is 14.1. The number of aliphatic hydroxyl groups excluding tert-OH is 2. The number of anilines is 1. The molecule has 4 N–H and O–H groups in total. The van der Waals surface area contributed by atoms with Crippen molar-refractivity contribution in [2.75, 3.05) is 57.4 Å². The minimum Gasteiger partial charge on any atom is -0.488 e. The minimum atomic E-state index is -1.17. The molecule has 4 aromatic rings. The monoisotopic (exact) mass is 806 g/mol. The van der Waals surface area contributed by atoms with Gasteiger partial charge in [0.05, 0.1) is 29.9 Å². The molecule has 3 aromatic carbocycles. The average Bonchev–Trinajstić information content (AvgIpc) is 3.83. The number of halogens is 2. The maximum absolute atomic E-state index is 12.6. The number of carboxylic acids is 1. The Kier molecular flexibility index (Phi) is 14.1. The molecule has 1 saturated heterocycles. The highest BCUT2D eigenvalue weighted by Crippen LogP contribution is 2.41. The Balaban J connectivity index is 1.13. The second-order valence-corrected chi connectivity index (χ2v) is 14.9. The molecule has 3 heterocycles. The molecule has 0 aliphatic carbocycles. The fourth-order valence-corrected chi connectivity index (χ4v) is 7.91. The van der Waals surface area contributed by atoms with Gasteiger partial charge in [0.1, 0.15) is 36.2 Å². The third-order valence-electron chi connectivity index (χ3n) is 10.5. The van der Waals surface area contributed by atoms with Crippen LogP contribution in [0, 0.1) is 5.41 Å². The average molecular weight is 808 g/mol. The van der Waals surface area contributed by atoms with Gasteiger partial charge in [0.2, 0.25) is 0 Å². The van der Waals surface area contributed by atoms with E-state index in [0.717, 1.165) is 61.3 Å². The molecule has 6 rings (SSSR count). The number of carboxylic acid groups (broad SMARTS) is 1. The van der Waals surface area contributed by atoms with Gasteiger partial charge in [-0.2, -0.15) is 0 Å². The molecule has 0 amide bonds. The van der Waals surface area contributed by atoms with Crippen molar-refractivity contribution in [2.24, 2.45) is 5.41 Å². The molecule has 1 fully saturated rings. The summed E-state index contributed by atoms with van der Waals surface area (Å²) in [6, 6.07) is 18.1. The van der Waals surface area contributed by atoms with E-state index in [1.807, 2.05) is 30.3 Å². The van der Waals surface area contributed by atoms with Gasteiger partial charge in [-0.05, 0) is 68.6 Å². The van der Waals surface area contributed by atoms with Gasteiger partial charge in [0.25, 0.3) is 0 Å². The van der Waals surface area contributed by atoms with Gasteiger partial charge in [0.15, 0.2) is 0 Å². The van der Waals surface area contributed by atoms with Crippen LogP contribution in [0.3, 0.4) is 0 Å². The maximum atomic E-state index is 12.6. The van der Waals surface area contributed by atoms with Crippen LogP contribution in [-0.2, 0) is 40.5 Å². The summed E-state index contributed by atoms with van der Waals surface area (Å²) in [6.45, 7) is 5.59. The minimum absolute atomic E-state index is 0.0768. The van der Waals surface area contributed by atoms with Gasteiger partial charge >= 0.3 is 11.9 Å². The number of hydrogen-bond acceptors (Lipinski definition) is 11. The first-order valence-corrected chi connectivity index (χ1v) is 19.6. The first kappa shape index (κ1) is 41.2. The second kappa shape index (κ2) is 19.1. The van der Waals surface area contributed by atoms with E-state index in [-0.39, 0.29) is 32.3 Å². The van der Waals surface area contributed by atoms with Crippen molar-refractivity contribution < 1.29 is 39.1 Å². The number of aliphatic carboxylic acids is 1. The summed E-state index contributed by atoms with van der Waals surface area (Å²) in [7, 11) is 0. The van der Waals surface area contributed by atoms with Crippen LogP contribution >= 0.6 is 23.2 Å². The summed E-state index contributed by atoms with van der Waals surface area (Å²) < 4.78 is 17.7. The van der Waals surface area contributed by atoms with E-state index in [1.165, 1.54) is 11.3 Å². The lowest BCUT2D eigenvalue weighted by atomic mass is 9.88. The van der Waals surface area contributed by atoms with Crippen LogP contribution in [0.25, 0.3) is 11.1 Å². The highest BCUT2D eigenvalue weighted by atomic mass is 35.5. The van der Waals surface area contributed by atoms with Gasteiger partial charge in [-0.25, -0.2) is 0 Å². The highest BCUT2D eigenvalue weighted by molar-refractivity contribution is 6.34. The van der Waals surface area contributed by atoms with E-state index in [1.54, 1.807) is 31.5 Å². The van der Waals surface area contributed by atoms with E-state index in [9.17, 15) is 24.9 Å². The van der Waals surface area contributed by atoms with Crippen molar-refractivity contribution >= 4 is 40.8 Å². The topological polar surface area (TPSA) is 154 Å². The zero-order chi connectivity index (χ0) is 39.7. The van der Waals surface area contributed by atoms with Crippen LogP contribution < -0.4 is 19.7 Å². The van der Waals surface area contributed by atoms with Crippen LogP contribution in [-0.4, -0.2) is 95.7 Å². The van der Waals surface area contributed by atoms with E-state index in [2.05, 4.69) is 38.3 Å². The van der Waals surface area contributed by atoms with Crippen molar-refractivity contribution in [1.82, 2.24) is 15.2 Å². The number of nitrogens with one attached hydrogen (secondary N) is 1. The van der Waals surface area contributed by atoms with Crippen LogP contribution in [0.1, 0.15) is 42.0 Å². The number of benzene rings is 3. The quantitative estimate of drug-likeness (QED) is 0.0854. The fraction of sp³-hybridized carbons (Fsp3) is 0.405. The number of carbonyl (C=O) groups excluding carboxylic acids is 1. The third-order valence-corrected chi connectivity index (χ3v) is 11.2. The van der Waals surface area contributed by atoms with Crippen molar-refractivity contribution in [1.29, 1.82) is 0 Å². The molecule has 2 unspecified atom stereocenters. The van der Waals surface area contributed by atoms with Crippen molar-refractivity contribution in [3.63, 3.8) is 0 Å². The normalized spacial score (nSPS) is 17.1. The van der Waals surface area contributed by atoms with Gasteiger partial charge in [-0.3, -0.25) is 19.9 Å². The summed E-state index contributed by atoms with van der Waals surface area (Å²) in [4.78, 5) is 32.8. The molecule has 14 heteroatoms. The third kappa shape index (κ3) is 9.56. The Hall–Kier alpha value is -4.43. The number of fused-ring (bicyclic) bond motifs is 1. The zero-order valence-electron chi connectivity index (χ0n) is 31.4. The van der Waals surface area contributed by atoms with Gasteiger partial charge in [-0.15, -0.1) is 0 Å². The highest BCUT2D eigenvalue weighted by Gasteiger charge is 2.45. The lowest BCUT2D eigenvalue weighted by Gasteiger charge is -2.25. The number of likely N-dealkylation sites (tertiary alicyclic amines) is 1. The lowest BCUT2D eigenvalue weighted by Crippen LogP contribution is -2.40. The Labute approximate surface area is 336 Å². The van der Waals surface area contributed by atoms with E-state index in [0.29, 0.717) is 46.7 Å². The van der Waals surface area contributed by atoms with Gasteiger partial charge < -0.3 is 39.3 Å². The van der Waals surface area contributed by atoms with Crippen molar-refractivity contribution in [3.8, 4) is 22.6 Å². The van der Waals surface area contributed by atoms with Crippen LogP contribution in [0.5, 0.6) is 11.5 Å². The summed E-state index contributed by atoms with van der Waals surface area (Å²) in [6.07, 6.45) is 5.77. The zero-order valence-corrected chi connectivity index (χ0v) is 32.9. The number of aromatic nitrogens is 1. The van der Waals surface area contributed by atoms with Crippen molar-refractivity contribution in [2.45, 2.75) is 52.0 Å². The van der Waals surface area contributed by atoms with Crippen LogP contribution in [0.4, 0.5) is 5.69 Å². The standard InChI is InChI=1S/C42H48Cl2N4O8/c1-2-54-41(53)42(27-50)13-18-47(26-42)15-6-16-48-17-12-32-31(9-4-11-36(32)48)33-10-3-8-29(39(33)44)25-56-38-20-37(55-24-28-7-5-14-45-21-28)30(19-34(38)43)22-46-35(23-49)40(51)52/h3-5,7-11,14,19-21,35,46,49-50H,2,6,12-13,15-18,22-27H2,1H3,(H,51,52). The Bertz CT molecular complexity index is 1990. The summed E-state index contributed by atoms with van der Waals surface area (Å²) in [5, 5.41) is 32.6. The first-order chi connectivity index (χ1) is 27.2. The van der Waals surface area contributed by atoms with E-state index in [4.69, 9.17) is 37.4 Å². The Morgan fingerprint density at radius 3 is 2.52 bits per heavy atom. The number of esters is 1. The number of rotatable bonds is 19. The number of pyridine rings is 1. The fourth-order valence-electron chi connectivity index (χ4n) is 7.39. The molecule has 0 saturated carbocycles. The molecule has 2 aliphatic rings. The number of nitrogens with zero attached hydrogens (tertiary/aromatic N) is 3. The molecule has 56 heavy (non-hydrogen) atoms. The summed E-state index contributed by atoms with van der Waals surface area (Å²) >= 11 is 13.8. The molecule has 0 radical (unpaired) electrons. The predicted octanol–water partition coefficient (Wildman–Crippen LogP) is 5.75. The van der Waals surface area contributed by atoms with Gasteiger partial charge in [0, 0.05) is 72.6 Å². The maximum Gasteiger partial charge on any atom is 0.323 e. The van der Waals surface area contributed by atoms with E-state index < -0.39 is 24.0 Å². The molecular formula is C42H48Cl2N4O8. The molecule has 12 nitrogen and oxygen atoms in total. The number of aliphatic hydroxyl groups is 2. The lowest BCUT2D eigenvalue weighted by molar-refractivity contribution is -0.157. The predicted molar refractivity (Wildman–Crippen MR) is 214 cm³/mol. The smallest absolute Gasteiger partial charge is 0.323 e. The molecule has 298 valence electrons. The summed E-state index contributed by atoms with van der Waals surface area (Å²) in [5.41, 5.74) is 5.78. The number of ether oxygens (including phenoxy) is 3.